The molecule has 0 amide bonds. The third-order valence-electron chi connectivity index (χ3n) is 5.18. The molecule has 0 atom stereocenters. The summed E-state index contributed by atoms with van der Waals surface area (Å²) in [5, 5.41) is 9.64. The molecule has 0 unspecified atom stereocenters. The van der Waals surface area contributed by atoms with Crippen LogP contribution < -0.4 is 15.2 Å². The summed E-state index contributed by atoms with van der Waals surface area (Å²) in [6, 6.07) is 11.0. The number of hydrogen-bond donors (Lipinski definition) is 3. The first-order chi connectivity index (χ1) is 15.2. The highest BCUT2D eigenvalue weighted by atomic mass is 32.2. The van der Waals surface area contributed by atoms with Gasteiger partial charge in [-0.25, -0.2) is 9.78 Å². The van der Waals surface area contributed by atoms with Crippen molar-refractivity contribution < 1.29 is 31.7 Å². The van der Waals surface area contributed by atoms with Gasteiger partial charge in [-0.1, -0.05) is 0 Å². The molecule has 1 saturated heterocycles. The topological polar surface area (TPSA) is 163 Å². The fraction of sp³-hybridized carbons (Fsp3) is 0.150. The van der Waals surface area contributed by atoms with Gasteiger partial charge in [-0.3, -0.25) is 14.1 Å². The van der Waals surface area contributed by atoms with Gasteiger partial charge in [0.05, 0.1) is 11.6 Å². The molecule has 4 aromatic rings. The van der Waals surface area contributed by atoms with Crippen molar-refractivity contribution in [2.75, 3.05) is 22.7 Å². The molecule has 1 fully saturated rings. The molecular formula is C20H15N3O8S. The predicted molar refractivity (Wildman–Crippen MR) is 114 cm³/mol. The van der Waals surface area contributed by atoms with E-state index in [-0.39, 0.29) is 22.7 Å². The maximum atomic E-state index is 12.6. The van der Waals surface area contributed by atoms with Crippen molar-refractivity contribution in [2.45, 2.75) is 0 Å². The van der Waals surface area contributed by atoms with Crippen LogP contribution in [0.5, 0.6) is 0 Å². The first kappa shape index (κ1) is 20.0. The molecule has 3 heterocycles. The fourth-order valence-electron chi connectivity index (χ4n) is 3.54. The van der Waals surface area contributed by atoms with Crippen molar-refractivity contribution in [3.8, 4) is 11.5 Å². The average molecular weight is 457 g/mol. The lowest BCUT2D eigenvalue weighted by Crippen LogP contribution is -2.50. The fourth-order valence-corrected chi connectivity index (χ4v) is 3.97. The zero-order valence-corrected chi connectivity index (χ0v) is 17.0. The number of carboxylic acids is 1. The summed E-state index contributed by atoms with van der Waals surface area (Å²) < 4.78 is 43.8. The summed E-state index contributed by atoms with van der Waals surface area (Å²) in [6.45, 7) is 0.779. The number of nitrogens with zero attached hydrogens (tertiary/aromatic N) is 2. The van der Waals surface area contributed by atoms with Crippen molar-refractivity contribution in [3.63, 3.8) is 0 Å². The second kappa shape index (κ2) is 7.07. The number of rotatable bonds is 5. The Kier molecular flexibility index (Phi) is 4.42. The van der Waals surface area contributed by atoms with E-state index < -0.39 is 27.8 Å². The average Bonchev–Trinajstić information content (AvgIpc) is 3.07. The van der Waals surface area contributed by atoms with Crippen LogP contribution in [0.3, 0.4) is 0 Å². The van der Waals surface area contributed by atoms with Gasteiger partial charge < -0.3 is 18.8 Å². The molecule has 0 radical (unpaired) electrons. The lowest BCUT2D eigenvalue weighted by Gasteiger charge is -2.38. The van der Waals surface area contributed by atoms with Crippen molar-refractivity contribution in [2.24, 2.45) is 5.92 Å². The molecular weight excluding hydrogens is 442 g/mol. The standard InChI is InChI=1S/C20H15N3O8S/c24-19(25)11-8-23(9-11)13-3-1-10-5-14(20(26)31-16(10)7-13)18-21-15-4-2-12(6-17(15)30-18)22-32(27,28)29/h1-7,11,22H,8-9H2,(H,24,25)(H,27,28,29). The van der Waals surface area contributed by atoms with E-state index in [0.717, 1.165) is 5.69 Å². The van der Waals surface area contributed by atoms with Crippen LogP contribution in [0.15, 0.2) is 56.1 Å². The highest BCUT2D eigenvalue weighted by Crippen LogP contribution is 2.30. The third-order valence-corrected chi connectivity index (χ3v) is 5.67. The number of oxazole rings is 1. The summed E-state index contributed by atoms with van der Waals surface area (Å²) in [4.78, 5) is 29.7. The third kappa shape index (κ3) is 3.65. The van der Waals surface area contributed by atoms with Crippen molar-refractivity contribution >= 4 is 49.7 Å². The van der Waals surface area contributed by atoms with Crippen molar-refractivity contribution in [3.05, 3.63) is 52.9 Å². The highest BCUT2D eigenvalue weighted by molar-refractivity contribution is 7.87. The molecule has 0 bridgehead atoms. The van der Waals surface area contributed by atoms with Crippen LogP contribution in [0.4, 0.5) is 11.4 Å². The molecule has 32 heavy (non-hydrogen) atoms. The second-order valence-corrected chi connectivity index (χ2v) is 8.54. The van der Waals surface area contributed by atoms with Gasteiger partial charge in [0, 0.05) is 36.3 Å². The van der Waals surface area contributed by atoms with Gasteiger partial charge in [0.15, 0.2) is 5.58 Å². The Bertz CT molecular complexity index is 1550. The molecule has 12 heteroatoms. The first-order valence-corrected chi connectivity index (χ1v) is 10.8. The number of nitrogens with one attached hydrogen (secondary N) is 1. The van der Waals surface area contributed by atoms with E-state index in [1.807, 2.05) is 15.7 Å². The smallest absolute Gasteiger partial charge is 0.357 e. The maximum absolute atomic E-state index is 12.6. The normalized spacial score (nSPS) is 14.6. The molecule has 2 aromatic carbocycles. The molecule has 0 aliphatic carbocycles. The van der Waals surface area contributed by atoms with Crippen LogP contribution in [-0.2, 0) is 15.1 Å². The van der Waals surface area contributed by atoms with E-state index >= 15 is 0 Å². The summed E-state index contributed by atoms with van der Waals surface area (Å²) >= 11 is 0. The Hall–Kier alpha value is -3.90. The number of anilines is 2. The van der Waals surface area contributed by atoms with Crippen LogP contribution >= 0.6 is 0 Å². The van der Waals surface area contributed by atoms with E-state index in [9.17, 15) is 18.0 Å². The van der Waals surface area contributed by atoms with E-state index in [2.05, 4.69) is 4.98 Å². The van der Waals surface area contributed by atoms with Gasteiger partial charge in [0.1, 0.15) is 16.7 Å². The predicted octanol–water partition coefficient (Wildman–Crippen LogP) is 2.34. The van der Waals surface area contributed by atoms with Crippen LogP contribution in [0.1, 0.15) is 0 Å². The minimum Gasteiger partial charge on any atom is -0.481 e. The summed E-state index contributed by atoms with van der Waals surface area (Å²) in [7, 11) is -4.45. The molecule has 5 rings (SSSR count). The Balaban J connectivity index is 1.48. The number of carbonyl (C=O) groups is 1. The summed E-state index contributed by atoms with van der Waals surface area (Å²) in [5.41, 5.74) is 1.15. The number of aromatic nitrogens is 1. The highest BCUT2D eigenvalue weighted by Gasteiger charge is 2.32. The van der Waals surface area contributed by atoms with E-state index in [4.69, 9.17) is 18.5 Å². The van der Waals surface area contributed by atoms with Gasteiger partial charge in [-0.05, 0) is 30.3 Å². The monoisotopic (exact) mass is 457 g/mol. The molecule has 164 valence electrons. The van der Waals surface area contributed by atoms with Crippen LogP contribution in [-0.4, -0.2) is 42.1 Å². The van der Waals surface area contributed by atoms with Crippen LogP contribution in [0.25, 0.3) is 33.5 Å². The second-order valence-electron chi connectivity index (χ2n) is 7.39. The SMILES string of the molecule is O=C(O)C1CN(c2ccc3cc(-c4nc5ccc(NS(=O)(=O)O)cc5o4)c(=O)oc3c2)C1. The Labute approximate surface area is 179 Å². The van der Waals surface area contributed by atoms with Crippen LogP contribution in [0.2, 0.25) is 0 Å². The molecule has 0 spiro atoms. The largest absolute Gasteiger partial charge is 0.481 e. The van der Waals surface area contributed by atoms with Crippen LogP contribution in [0, 0.1) is 5.92 Å². The molecule has 1 aliphatic rings. The minimum atomic E-state index is -4.45. The number of carboxylic acid groups (broad SMARTS) is 1. The maximum Gasteiger partial charge on any atom is 0.357 e. The summed E-state index contributed by atoms with van der Waals surface area (Å²) in [5.74, 6) is -1.25. The zero-order valence-electron chi connectivity index (χ0n) is 16.2. The Morgan fingerprint density at radius 2 is 1.88 bits per heavy atom. The number of benzene rings is 2. The molecule has 11 nitrogen and oxygen atoms in total. The van der Waals surface area contributed by atoms with Crippen molar-refractivity contribution in [1.29, 1.82) is 0 Å². The van der Waals surface area contributed by atoms with Gasteiger partial charge in [0.25, 0.3) is 0 Å². The van der Waals surface area contributed by atoms with E-state index in [0.29, 0.717) is 29.6 Å². The minimum absolute atomic E-state index is 0.00391. The van der Waals surface area contributed by atoms with E-state index in [1.165, 1.54) is 18.2 Å². The summed E-state index contributed by atoms with van der Waals surface area (Å²) in [6.07, 6.45) is 0. The van der Waals surface area contributed by atoms with E-state index in [1.54, 1.807) is 18.2 Å². The van der Waals surface area contributed by atoms with Gasteiger partial charge in [-0.15, -0.1) is 0 Å². The Morgan fingerprint density at radius 3 is 2.59 bits per heavy atom. The quantitative estimate of drug-likeness (QED) is 0.299. The number of aliphatic carboxylic acids is 1. The lowest BCUT2D eigenvalue weighted by molar-refractivity contribution is -0.142. The molecule has 3 N–H and O–H groups in total. The molecule has 0 saturated carbocycles. The van der Waals surface area contributed by atoms with Gasteiger partial charge in [0.2, 0.25) is 5.89 Å². The van der Waals surface area contributed by atoms with Gasteiger partial charge in [-0.2, -0.15) is 8.42 Å². The first-order valence-electron chi connectivity index (χ1n) is 9.38. The van der Waals surface area contributed by atoms with Gasteiger partial charge >= 0.3 is 21.9 Å². The van der Waals surface area contributed by atoms with Crippen molar-refractivity contribution in [1.82, 2.24) is 4.98 Å². The number of fused-ring (bicyclic) bond motifs is 2. The zero-order chi connectivity index (χ0) is 22.6. The number of hydrogen-bond acceptors (Lipinski definition) is 8. The lowest BCUT2D eigenvalue weighted by atomic mass is 9.99. The molecule has 1 aliphatic heterocycles. The Morgan fingerprint density at radius 1 is 1.09 bits per heavy atom. The molecule has 2 aromatic heterocycles.